The molecule has 134 valence electrons. The molecular formula is C18H16F2N4O2. The van der Waals surface area contributed by atoms with Crippen molar-refractivity contribution in [1.82, 2.24) is 14.7 Å². The molecule has 6 nitrogen and oxygen atoms in total. The van der Waals surface area contributed by atoms with Crippen LogP contribution in [-0.4, -0.2) is 27.7 Å². The Balaban J connectivity index is 1.95. The molecule has 0 atom stereocenters. The fourth-order valence-electron chi connectivity index (χ4n) is 2.45. The van der Waals surface area contributed by atoms with Crippen molar-refractivity contribution in [2.75, 3.05) is 11.9 Å². The number of imidazole rings is 1. The van der Waals surface area contributed by atoms with Gasteiger partial charge in [0.2, 0.25) is 5.82 Å². The van der Waals surface area contributed by atoms with Crippen molar-refractivity contribution in [3.05, 3.63) is 65.7 Å². The predicted octanol–water partition coefficient (Wildman–Crippen LogP) is 3.00. The molecule has 0 aliphatic carbocycles. The number of carbonyl (C=O) groups is 2. The third-order valence-corrected chi connectivity index (χ3v) is 3.68. The van der Waals surface area contributed by atoms with Crippen LogP contribution >= 0.6 is 0 Å². The number of amides is 2. The molecule has 0 aliphatic rings. The predicted molar refractivity (Wildman–Crippen MR) is 92.1 cm³/mol. The number of nitrogens with one attached hydrogen (secondary N) is 2. The van der Waals surface area contributed by atoms with E-state index >= 15 is 0 Å². The van der Waals surface area contributed by atoms with Gasteiger partial charge in [-0.3, -0.25) is 14.0 Å². The number of carbonyl (C=O) groups excluding carboxylic acids is 2. The Labute approximate surface area is 147 Å². The fourth-order valence-corrected chi connectivity index (χ4v) is 2.45. The average Bonchev–Trinajstić information content (AvgIpc) is 3.03. The summed E-state index contributed by atoms with van der Waals surface area (Å²) in [6, 6.07) is 8.09. The second-order valence-corrected chi connectivity index (χ2v) is 5.58. The van der Waals surface area contributed by atoms with Crippen molar-refractivity contribution >= 4 is 23.0 Å². The molecule has 0 radical (unpaired) electrons. The van der Waals surface area contributed by atoms with Crippen LogP contribution < -0.4 is 10.6 Å². The molecule has 0 unspecified atom stereocenters. The van der Waals surface area contributed by atoms with Gasteiger partial charge in [-0.25, -0.2) is 13.8 Å². The molecule has 3 aromatic rings. The lowest BCUT2D eigenvalue weighted by molar-refractivity contribution is 0.0942. The SMILES string of the molecule is CCCNC(=O)c1nc(C(=O)Nc2ccc(F)c(F)c2)c2ccccn12. The summed E-state index contributed by atoms with van der Waals surface area (Å²) in [5.41, 5.74) is 0.522. The van der Waals surface area contributed by atoms with E-state index in [1.807, 2.05) is 6.92 Å². The molecule has 0 fully saturated rings. The third kappa shape index (κ3) is 3.39. The van der Waals surface area contributed by atoms with Gasteiger partial charge >= 0.3 is 0 Å². The lowest BCUT2D eigenvalue weighted by atomic mass is 10.2. The maximum Gasteiger partial charge on any atom is 0.287 e. The molecule has 0 saturated carbocycles. The third-order valence-electron chi connectivity index (χ3n) is 3.68. The second kappa shape index (κ2) is 7.30. The summed E-state index contributed by atoms with van der Waals surface area (Å²) in [7, 11) is 0. The van der Waals surface area contributed by atoms with Crippen molar-refractivity contribution < 1.29 is 18.4 Å². The molecule has 0 bridgehead atoms. The van der Waals surface area contributed by atoms with Crippen LogP contribution in [0.15, 0.2) is 42.6 Å². The lowest BCUT2D eigenvalue weighted by Crippen LogP contribution is -2.26. The second-order valence-electron chi connectivity index (χ2n) is 5.58. The van der Waals surface area contributed by atoms with Gasteiger partial charge in [-0.2, -0.15) is 0 Å². The minimum Gasteiger partial charge on any atom is -0.349 e. The van der Waals surface area contributed by atoms with E-state index in [2.05, 4.69) is 15.6 Å². The highest BCUT2D eigenvalue weighted by molar-refractivity contribution is 6.08. The summed E-state index contributed by atoms with van der Waals surface area (Å²) in [5, 5.41) is 5.17. The van der Waals surface area contributed by atoms with Crippen molar-refractivity contribution in [3.63, 3.8) is 0 Å². The highest BCUT2D eigenvalue weighted by Gasteiger charge is 2.21. The molecule has 0 aliphatic heterocycles. The lowest BCUT2D eigenvalue weighted by Gasteiger charge is -2.04. The first-order valence-electron chi connectivity index (χ1n) is 8.03. The molecule has 2 amide bonds. The number of aromatic nitrogens is 2. The molecule has 1 aromatic carbocycles. The van der Waals surface area contributed by atoms with E-state index in [1.165, 1.54) is 10.5 Å². The van der Waals surface area contributed by atoms with E-state index in [0.717, 1.165) is 18.6 Å². The number of halogens is 2. The minimum atomic E-state index is -1.07. The summed E-state index contributed by atoms with van der Waals surface area (Å²) in [5.74, 6) is -3.04. The first kappa shape index (κ1) is 17.5. The number of anilines is 1. The van der Waals surface area contributed by atoms with Crippen molar-refractivity contribution in [2.45, 2.75) is 13.3 Å². The molecule has 0 spiro atoms. The Morgan fingerprint density at radius 1 is 1.12 bits per heavy atom. The van der Waals surface area contributed by atoms with E-state index in [0.29, 0.717) is 12.1 Å². The molecule has 8 heteroatoms. The number of benzene rings is 1. The van der Waals surface area contributed by atoms with Gasteiger partial charge in [0.05, 0.1) is 5.52 Å². The molecular weight excluding hydrogens is 342 g/mol. The van der Waals surface area contributed by atoms with E-state index < -0.39 is 23.4 Å². The zero-order valence-corrected chi connectivity index (χ0v) is 13.9. The van der Waals surface area contributed by atoms with E-state index in [-0.39, 0.29) is 17.2 Å². The van der Waals surface area contributed by atoms with Crippen LogP contribution in [0.3, 0.4) is 0 Å². The first-order valence-corrected chi connectivity index (χ1v) is 8.03. The normalized spacial score (nSPS) is 10.7. The van der Waals surface area contributed by atoms with Gasteiger partial charge < -0.3 is 10.6 Å². The van der Waals surface area contributed by atoms with E-state index in [9.17, 15) is 18.4 Å². The number of fused-ring (bicyclic) bond motifs is 1. The Morgan fingerprint density at radius 3 is 2.65 bits per heavy atom. The highest BCUT2D eigenvalue weighted by Crippen LogP contribution is 2.17. The number of hydrogen-bond donors (Lipinski definition) is 2. The van der Waals surface area contributed by atoms with Gasteiger partial charge in [0, 0.05) is 24.5 Å². The monoisotopic (exact) mass is 358 g/mol. The van der Waals surface area contributed by atoms with Gasteiger partial charge in [-0.05, 0) is 30.7 Å². The smallest absolute Gasteiger partial charge is 0.287 e. The maximum absolute atomic E-state index is 13.3. The van der Waals surface area contributed by atoms with Crippen LogP contribution in [0.1, 0.15) is 34.5 Å². The highest BCUT2D eigenvalue weighted by atomic mass is 19.2. The van der Waals surface area contributed by atoms with Gasteiger partial charge in [-0.1, -0.05) is 13.0 Å². The Morgan fingerprint density at radius 2 is 1.92 bits per heavy atom. The maximum atomic E-state index is 13.3. The Hall–Kier alpha value is -3.29. The molecule has 2 N–H and O–H groups in total. The van der Waals surface area contributed by atoms with E-state index in [4.69, 9.17) is 0 Å². The number of rotatable bonds is 5. The molecule has 2 heterocycles. The van der Waals surface area contributed by atoms with Gasteiger partial charge in [0.15, 0.2) is 17.3 Å². The van der Waals surface area contributed by atoms with Gasteiger partial charge in [-0.15, -0.1) is 0 Å². The van der Waals surface area contributed by atoms with Crippen LogP contribution in [0.25, 0.3) is 5.52 Å². The molecule has 2 aromatic heterocycles. The summed E-state index contributed by atoms with van der Waals surface area (Å²) < 4.78 is 27.8. The van der Waals surface area contributed by atoms with Crippen molar-refractivity contribution in [3.8, 4) is 0 Å². The van der Waals surface area contributed by atoms with Crippen LogP contribution in [0.2, 0.25) is 0 Å². The zero-order chi connectivity index (χ0) is 18.7. The summed E-state index contributed by atoms with van der Waals surface area (Å²) >= 11 is 0. The van der Waals surface area contributed by atoms with Crippen molar-refractivity contribution in [2.24, 2.45) is 0 Å². The fraction of sp³-hybridized carbons (Fsp3) is 0.167. The minimum absolute atomic E-state index is 0.0111. The number of pyridine rings is 1. The van der Waals surface area contributed by atoms with Crippen LogP contribution in [-0.2, 0) is 0 Å². The van der Waals surface area contributed by atoms with Gasteiger partial charge in [0.1, 0.15) is 0 Å². The quantitative estimate of drug-likeness (QED) is 0.736. The van der Waals surface area contributed by atoms with Crippen LogP contribution in [0.4, 0.5) is 14.5 Å². The van der Waals surface area contributed by atoms with Crippen molar-refractivity contribution in [1.29, 1.82) is 0 Å². The largest absolute Gasteiger partial charge is 0.349 e. The molecule has 0 saturated heterocycles. The van der Waals surface area contributed by atoms with Crippen LogP contribution in [0.5, 0.6) is 0 Å². The Bertz CT molecular complexity index is 984. The topological polar surface area (TPSA) is 75.5 Å². The molecule has 3 rings (SSSR count). The number of hydrogen-bond acceptors (Lipinski definition) is 3. The zero-order valence-electron chi connectivity index (χ0n) is 13.9. The summed E-state index contributed by atoms with van der Waals surface area (Å²) in [4.78, 5) is 29.0. The summed E-state index contributed by atoms with van der Waals surface area (Å²) in [6.07, 6.45) is 2.38. The van der Waals surface area contributed by atoms with Crippen LogP contribution in [0, 0.1) is 11.6 Å². The van der Waals surface area contributed by atoms with E-state index in [1.54, 1.807) is 24.4 Å². The standard InChI is InChI=1S/C18H16F2N4O2/c1-2-8-21-18(26)16-23-15(14-5-3-4-9-24(14)16)17(25)22-11-6-7-12(19)13(20)10-11/h3-7,9-10H,2,8H2,1H3,(H,21,26)(H,22,25). The average molecular weight is 358 g/mol. The number of nitrogens with zero attached hydrogens (tertiary/aromatic N) is 2. The molecule has 26 heavy (non-hydrogen) atoms. The summed E-state index contributed by atoms with van der Waals surface area (Å²) in [6.45, 7) is 2.40. The first-order chi connectivity index (χ1) is 12.5. The Kier molecular flexibility index (Phi) is 4.92. The van der Waals surface area contributed by atoms with Gasteiger partial charge in [0.25, 0.3) is 11.8 Å².